The van der Waals surface area contributed by atoms with E-state index >= 15 is 0 Å². The quantitative estimate of drug-likeness (QED) is 0.828. The number of carbonyl (C=O) groups excluding carboxylic acids is 1. The summed E-state index contributed by atoms with van der Waals surface area (Å²) in [5, 5.41) is 2.95. The molecule has 2 nitrogen and oxygen atoms in total. The van der Waals surface area contributed by atoms with Crippen LogP contribution in [0.5, 0.6) is 0 Å². The number of hydrogen-bond acceptors (Lipinski definition) is 1. The highest BCUT2D eigenvalue weighted by Crippen LogP contribution is 2.42. The Morgan fingerprint density at radius 3 is 2.95 bits per heavy atom. The number of hydrogen-bond donors (Lipinski definition) is 1. The van der Waals surface area contributed by atoms with Crippen LogP contribution in [0.15, 0.2) is 24.3 Å². The number of nitrogens with one attached hydrogen (secondary N) is 1. The maximum atomic E-state index is 13.4. The van der Waals surface area contributed by atoms with Crippen molar-refractivity contribution in [2.45, 2.75) is 44.6 Å². The summed E-state index contributed by atoms with van der Waals surface area (Å²) < 4.78 is 13.4. The van der Waals surface area contributed by atoms with Crippen molar-refractivity contribution in [2.75, 3.05) is 0 Å². The summed E-state index contributed by atoms with van der Waals surface area (Å²) in [6.45, 7) is 2.13. The van der Waals surface area contributed by atoms with Crippen LogP contribution in [0.1, 0.15) is 49.7 Å². The van der Waals surface area contributed by atoms with Crippen molar-refractivity contribution in [1.29, 1.82) is 0 Å². The predicted molar refractivity (Wildman–Crippen MR) is 73.2 cm³/mol. The molecule has 3 rings (SSSR count). The molecular weight excluding hydrogens is 241 g/mol. The number of benzene rings is 1. The first kappa shape index (κ1) is 12.4. The lowest BCUT2D eigenvalue weighted by molar-refractivity contribution is -0.116. The summed E-state index contributed by atoms with van der Waals surface area (Å²) in [6.07, 6.45) is 5.68. The van der Waals surface area contributed by atoms with Crippen LogP contribution in [0, 0.1) is 5.82 Å². The predicted octanol–water partition coefficient (Wildman–Crippen LogP) is 3.39. The van der Waals surface area contributed by atoms with Gasteiger partial charge in [0, 0.05) is 12.1 Å². The summed E-state index contributed by atoms with van der Waals surface area (Å²) in [7, 11) is 0. The van der Waals surface area contributed by atoms with E-state index < -0.39 is 0 Å². The smallest absolute Gasteiger partial charge is 0.244 e. The molecule has 1 aromatic carbocycles. The van der Waals surface area contributed by atoms with Gasteiger partial charge in [-0.3, -0.25) is 4.79 Å². The Hall–Kier alpha value is -1.64. The zero-order valence-electron chi connectivity index (χ0n) is 11.1. The Kier molecular flexibility index (Phi) is 3.13. The first-order valence-electron chi connectivity index (χ1n) is 6.98. The van der Waals surface area contributed by atoms with Crippen LogP contribution >= 0.6 is 0 Å². The lowest BCUT2D eigenvalue weighted by Crippen LogP contribution is -2.23. The van der Waals surface area contributed by atoms with Crippen molar-refractivity contribution >= 4 is 11.5 Å². The zero-order valence-corrected chi connectivity index (χ0v) is 11.1. The van der Waals surface area contributed by atoms with Crippen LogP contribution in [-0.2, 0) is 4.79 Å². The third-order valence-electron chi connectivity index (χ3n) is 3.99. The Morgan fingerprint density at radius 2 is 2.26 bits per heavy atom. The van der Waals surface area contributed by atoms with Gasteiger partial charge in [-0.05, 0) is 60.4 Å². The van der Waals surface area contributed by atoms with Crippen molar-refractivity contribution in [3.63, 3.8) is 0 Å². The van der Waals surface area contributed by atoms with Gasteiger partial charge < -0.3 is 5.32 Å². The normalized spacial score (nSPS) is 23.5. The topological polar surface area (TPSA) is 29.1 Å². The van der Waals surface area contributed by atoms with Gasteiger partial charge in [0.1, 0.15) is 5.82 Å². The SMILES string of the molecule is CCC1CC(=CC(=O)NC2CC2)c2cc(F)ccc21. The van der Waals surface area contributed by atoms with Gasteiger partial charge >= 0.3 is 0 Å². The van der Waals surface area contributed by atoms with E-state index in [4.69, 9.17) is 0 Å². The number of fused-ring (bicyclic) bond motifs is 1. The first-order chi connectivity index (χ1) is 9.17. The van der Waals surface area contributed by atoms with Gasteiger partial charge in [0.2, 0.25) is 5.91 Å². The molecule has 1 amide bonds. The fourth-order valence-electron chi connectivity index (χ4n) is 2.78. The third-order valence-corrected chi connectivity index (χ3v) is 3.99. The van der Waals surface area contributed by atoms with Crippen molar-refractivity contribution in [3.8, 4) is 0 Å². The Morgan fingerprint density at radius 1 is 1.47 bits per heavy atom. The number of carbonyl (C=O) groups is 1. The molecule has 1 aromatic rings. The molecule has 0 aliphatic heterocycles. The number of halogens is 1. The summed E-state index contributed by atoms with van der Waals surface area (Å²) in [4.78, 5) is 11.9. The van der Waals surface area contributed by atoms with Crippen molar-refractivity contribution < 1.29 is 9.18 Å². The molecule has 100 valence electrons. The van der Waals surface area contributed by atoms with E-state index in [1.165, 1.54) is 11.6 Å². The van der Waals surface area contributed by atoms with Crippen molar-refractivity contribution in [3.05, 3.63) is 41.2 Å². The molecule has 1 atom stereocenters. The van der Waals surface area contributed by atoms with Gasteiger partial charge in [-0.15, -0.1) is 0 Å². The van der Waals surface area contributed by atoms with Gasteiger partial charge in [0.15, 0.2) is 0 Å². The average molecular weight is 259 g/mol. The molecule has 0 spiro atoms. The summed E-state index contributed by atoms with van der Waals surface area (Å²) in [5.41, 5.74) is 3.06. The first-order valence-corrected chi connectivity index (χ1v) is 6.98. The molecule has 0 saturated heterocycles. The second kappa shape index (κ2) is 4.80. The van der Waals surface area contributed by atoms with Crippen molar-refractivity contribution in [1.82, 2.24) is 5.32 Å². The number of amides is 1. The van der Waals surface area contributed by atoms with Crippen LogP contribution in [-0.4, -0.2) is 11.9 Å². The van der Waals surface area contributed by atoms with E-state index in [-0.39, 0.29) is 11.7 Å². The van der Waals surface area contributed by atoms with Crippen LogP contribution in [0.25, 0.3) is 5.57 Å². The van der Waals surface area contributed by atoms with E-state index in [0.29, 0.717) is 12.0 Å². The molecular formula is C16H18FNO. The summed E-state index contributed by atoms with van der Waals surface area (Å²) in [6, 6.07) is 5.29. The van der Waals surface area contributed by atoms with Crippen LogP contribution in [0.2, 0.25) is 0 Å². The zero-order chi connectivity index (χ0) is 13.4. The highest BCUT2D eigenvalue weighted by Gasteiger charge is 2.27. The third kappa shape index (κ3) is 2.55. The second-order valence-corrected chi connectivity index (χ2v) is 5.49. The molecule has 19 heavy (non-hydrogen) atoms. The fourth-order valence-corrected chi connectivity index (χ4v) is 2.78. The maximum Gasteiger partial charge on any atom is 0.244 e. The van der Waals surface area contributed by atoms with E-state index in [1.54, 1.807) is 12.1 Å². The van der Waals surface area contributed by atoms with E-state index in [9.17, 15) is 9.18 Å². The molecule has 1 N–H and O–H groups in total. The maximum absolute atomic E-state index is 13.4. The minimum Gasteiger partial charge on any atom is -0.350 e. The van der Waals surface area contributed by atoms with Gasteiger partial charge in [-0.1, -0.05) is 13.0 Å². The Bertz CT molecular complexity index is 546. The minimum absolute atomic E-state index is 0.0375. The Balaban J connectivity index is 1.89. The monoisotopic (exact) mass is 259 g/mol. The van der Waals surface area contributed by atoms with E-state index in [0.717, 1.165) is 36.8 Å². The van der Waals surface area contributed by atoms with Gasteiger partial charge in [-0.2, -0.15) is 0 Å². The summed E-state index contributed by atoms with van der Waals surface area (Å²) >= 11 is 0. The molecule has 0 bridgehead atoms. The lowest BCUT2D eigenvalue weighted by Gasteiger charge is -2.06. The molecule has 1 saturated carbocycles. The van der Waals surface area contributed by atoms with Crippen LogP contribution in [0.4, 0.5) is 4.39 Å². The van der Waals surface area contributed by atoms with Crippen LogP contribution < -0.4 is 5.32 Å². The molecule has 0 heterocycles. The number of rotatable bonds is 3. The highest BCUT2D eigenvalue weighted by atomic mass is 19.1. The molecule has 1 fully saturated rings. The van der Waals surface area contributed by atoms with Gasteiger partial charge in [0.25, 0.3) is 0 Å². The summed E-state index contributed by atoms with van der Waals surface area (Å²) in [5.74, 6) is 0.143. The number of allylic oxidation sites excluding steroid dienone is 1. The molecule has 1 unspecified atom stereocenters. The highest BCUT2D eigenvalue weighted by molar-refractivity contribution is 5.97. The molecule has 3 heteroatoms. The van der Waals surface area contributed by atoms with Crippen molar-refractivity contribution in [2.24, 2.45) is 0 Å². The standard InChI is InChI=1S/C16H18FNO/c1-2-10-7-11(8-16(19)18-13-4-5-13)15-9-12(17)3-6-14(10)15/h3,6,8-10,13H,2,4-5,7H2,1H3,(H,18,19). The minimum atomic E-state index is -0.232. The lowest BCUT2D eigenvalue weighted by atomic mass is 9.99. The molecule has 0 radical (unpaired) electrons. The van der Waals surface area contributed by atoms with Gasteiger partial charge in [-0.25, -0.2) is 4.39 Å². The Labute approximate surface area is 112 Å². The van der Waals surface area contributed by atoms with E-state index in [1.807, 2.05) is 6.07 Å². The molecule has 2 aliphatic carbocycles. The average Bonchev–Trinajstić information content (AvgIpc) is 3.12. The van der Waals surface area contributed by atoms with Gasteiger partial charge in [0.05, 0.1) is 0 Å². The molecule has 2 aliphatic rings. The van der Waals surface area contributed by atoms with E-state index in [2.05, 4.69) is 12.2 Å². The largest absolute Gasteiger partial charge is 0.350 e. The fraction of sp³-hybridized carbons (Fsp3) is 0.438. The van der Waals surface area contributed by atoms with Crippen LogP contribution in [0.3, 0.4) is 0 Å². The second-order valence-electron chi connectivity index (χ2n) is 5.49. The molecule has 0 aromatic heterocycles.